The quantitative estimate of drug-likeness (QED) is 0.567. The molecule has 1 aliphatic rings. The molecule has 1 heterocycles. The van der Waals surface area contributed by atoms with Gasteiger partial charge in [-0.25, -0.2) is 0 Å². The minimum atomic E-state index is 0.0321. The van der Waals surface area contributed by atoms with E-state index in [0.29, 0.717) is 26.2 Å². The van der Waals surface area contributed by atoms with Crippen molar-refractivity contribution in [3.05, 3.63) is 0 Å². The first-order valence-electron chi connectivity index (χ1n) is 8.08. The highest BCUT2D eigenvalue weighted by Gasteiger charge is 2.21. The van der Waals surface area contributed by atoms with Crippen LogP contribution in [0.2, 0.25) is 0 Å². The third-order valence-corrected chi connectivity index (χ3v) is 3.94. The maximum atomic E-state index is 12.1. The number of carbonyl (C=O) groups excluding carboxylic acids is 2. The van der Waals surface area contributed by atoms with Crippen LogP contribution < -0.4 is 5.32 Å². The van der Waals surface area contributed by atoms with E-state index in [9.17, 15) is 9.59 Å². The molecule has 0 aromatic rings. The first kappa shape index (κ1) is 18.9. The first-order valence-corrected chi connectivity index (χ1v) is 8.08. The summed E-state index contributed by atoms with van der Waals surface area (Å²) in [5, 5.41) is 2.82. The molecule has 1 rings (SSSR count). The molecule has 2 amide bonds. The van der Waals surface area contributed by atoms with Crippen molar-refractivity contribution in [1.82, 2.24) is 20.0 Å². The third kappa shape index (κ3) is 6.72. The van der Waals surface area contributed by atoms with Crippen molar-refractivity contribution < 1.29 is 14.3 Å². The van der Waals surface area contributed by atoms with Gasteiger partial charge >= 0.3 is 0 Å². The summed E-state index contributed by atoms with van der Waals surface area (Å²) in [6, 6.07) is 0. The van der Waals surface area contributed by atoms with Crippen LogP contribution in [0.3, 0.4) is 0 Å². The van der Waals surface area contributed by atoms with Gasteiger partial charge in [0.1, 0.15) is 0 Å². The molecular formula is C15H30N4O3. The second kappa shape index (κ2) is 10.5. The standard InChI is InChI=1S/C15H30N4O3/c1-4-19(5-2)15(21)13-18-9-7-17(8-10-18)12-14(20)16-6-11-22-3/h4-13H2,1-3H3,(H,16,20). The molecule has 1 aliphatic heterocycles. The fourth-order valence-corrected chi connectivity index (χ4v) is 2.52. The highest BCUT2D eigenvalue weighted by Crippen LogP contribution is 2.02. The van der Waals surface area contributed by atoms with Gasteiger partial charge in [-0.3, -0.25) is 19.4 Å². The van der Waals surface area contributed by atoms with E-state index < -0.39 is 0 Å². The van der Waals surface area contributed by atoms with Gasteiger partial charge in [-0.2, -0.15) is 0 Å². The van der Waals surface area contributed by atoms with Gasteiger partial charge in [0.15, 0.2) is 0 Å². The lowest BCUT2D eigenvalue weighted by Crippen LogP contribution is -2.52. The van der Waals surface area contributed by atoms with Gasteiger partial charge in [0.05, 0.1) is 19.7 Å². The summed E-state index contributed by atoms with van der Waals surface area (Å²) in [6.45, 7) is 10.8. The number of ether oxygens (including phenoxy) is 1. The number of rotatable bonds is 9. The molecule has 0 unspecified atom stereocenters. The zero-order chi connectivity index (χ0) is 16.4. The number of hydrogen-bond donors (Lipinski definition) is 1. The average molecular weight is 314 g/mol. The number of likely N-dealkylation sites (N-methyl/N-ethyl adjacent to an activating group) is 1. The molecule has 0 aromatic heterocycles. The molecule has 7 heteroatoms. The first-order chi connectivity index (χ1) is 10.6. The summed E-state index contributed by atoms with van der Waals surface area (Å²) in [7, 11) is 1.62. The highest BCUT2D eigenvalue weighted by atomic mass is 16.5. The highest BCUT2D eigenvalue weighted by molar-refractivity contribution is 5.78. The van der Waals surface area contributed by atoms with E-state index in [-0.39, 0.29) is 11.8 Å². The van der Waals surface area contributed by atoms with Crippen LogP contribution in [0.15, 0.2) is 0 Å². The van der Waals surface area contributed by atoms with Gasteiger partial charge in [0.2, 0.25) is 11.8 Å². The van der Waals surface area contributed by atoms with Crippen LogP contribution in [0.5, 0.6) is 0 Å². The fraction of sp³-hybridized carbons (Fsp3) is 0.867. The van der Waals surface area contributed by atoms with Crippen LogP contribution >= 0.6 is 0 Å². The average Bonchev–Trinajstić information content (AvgIpc) is 2.51. The molecule has 0 aliphatic carbocycles. The van der Waals surface area contributed by atoms with E-state index in [1.807, 2.05) is 18.7 Å². The zero-order valence-corrected chi connectivity index (χ0v) is 14.1. The van der Waals surface area contributed by atoms with Gasteiger partial charge < -0.3 is 15.0 Å². The Hall–Kier alpha value is -1.18. The number of amides is 2. The second-order valence-corrected chi connectivity index (χ2v) is 5.46. The van der Waals surface area contributed by atoms with Crippen LogP contribution in [-0.2, 0) is 14.3 Å². The van der Waals surface area contributed by atoms with Crippen LogP contribution in [0.25, 0.3) is 0 Å². The third-order valence-electron chi connectivity index (χ3n) is 3.94. The number of piperazine rings is 1. The Bertz CT molecular complexity index is 340. The minimum Gasteiger partial charge on any atom is -0.383 e. The SMILES string of the molecule is CCN(CC)C(=O)CN1CCN(CC(=O)NCCOC)CC1. The molecule has 0 radical (unpaired) electrons. The van der Waals surface area contributed by atoms with Gasteiger partial charge in [0.25, 0.3) is 0 Å². The van der Waals surface area contributed by atoms with Crippen LogP contribution in [0.1, 0.15) is 13.8 Å². The zero-order valence-electron chi connectivity index (χ0n) is 14.1. The number of carbonyl (C=O) groups is 2. The van der Waals surface area contributed by atoms with Crippen molar-refractivity contribution in [1.29, 1.82) is 0 Å². The molecule has 22 heavy (non-hydrogen) atoms. The Balaban J connectivity index is 2.23. The van der Waals surface area contributed by atoms with Crippen molar-refractivity contribution in [2.75, 3.05) is 72.6 Å². The van der Waals surface area contributed by atoms with E-state index in [0.717, 1.165) is 39.3 Å². The predicted molar refractivity (Wildman–Crippen MR) is 85.7 cm³/mol. The smallest absolute Gasteiger partial charge is 0.236 e. The van der Waals surface area contributed by atoms with Crippen molar-refractivity contribution in [2.45, 2.75) is 13.8 Å². The van der Waals surface area contributed by atoms with Gasteiger partial charge in [0, 0.05) is 52.9 Å². The van der Waals surface area contributed by atoms with Crippen LogP contribution in [0, 0.1) is 0 Å². The van der Waals surface area contributed by atoms with Gasteiger partial charge in [-0.1, -0.05) is 0 Å². The molecule has 0 saturated carbocycles. The van der Waals surface area contributed by atoms with Crippen LogP contribution in [-0.4, -0.2) is 99.1 Å². The van der Waals surface area contributed by atoms with E-state index >= 15 is 0 Å². The number of nitrogens with one attached hydrogen (secondary N) is 1. The summed E-state index contributed by atoms with van der Waals surface area (Å²) in [5.74, 6) is 0.223. The minimum absolute atomic E-state index is 0.0321. The number of hydrogen-bond acceptors (Lipinski definition) is 5. The van der Waals surface area contributed by atoms with E-state index in [2.05, 4.69) is 15.1 Å². The summed E-state index contributed by atoms with van der Waals surface area (Å²) < 4.78 is 4.90. The van der Waals surface area contributed by atoms with Gasteiger partial charge in [-0.15, -0.1) is 0 Å². The molecule has 1 N–H and O–H groups in total. The normalized spacial score (nSPS) is 16.5. The number of nitrogens with zero attached hydrogens (tertiary/aromatic N) is 3. The molecule has 7 nitrogen and oxygen atoms in total. The Morgan fingerprint density at radius 2 is 1.59 bits per heavy atom. The topological polar surface area (TPSA) is 65.1 Å². The molecule has 1 fully saturated rings. The molecule has 1 saturated heterocycles. The Morgan fingerprint density at radius 3 is 2.09 bits per heavy atom. The van der Waals surface area contributed by atoms with Crippen molar-refractivity contribution in [3.8, 4) is 0 Å². The Kier molecular flexibility index (Phi) is 9.03. The van der Waals surface area contributed by atoms with Crippen molar-refractivity contribution >= 4 is 11.8 Å². The maximum Gasteiger partial charge on any atom is 0.236 e. The van der Waals surface area contributed by atoms with Crippen molar-refractivity contribution in [3.63, 3.8) is 0 Å². The van der Waals surface area contributed by atoms with E-state index in [1.54, 1.807) is 7.11 Å². The molecule has 0 bridgehead atoms. The lowest BCUT2D eigenvalue weighted by atomic mass is 10.3. The van der Waals surface area contributed by atoms with E-state index in [1.165, 1.54) is 0 Å². The molecule has 0 aromatic carbocycles. The summed E-state index contributed by atoms with van der Waals surface area (Å²) in [6.07, 6.45) is 0. The van der Waals surface area contributed by atoms with E-state index in [4.69, 9.17) is 4.74 Å². The summed E-state index contributed by atoms with van der Waals surface area (Å²) in [4.78, 5) is 30.0. The predicted octanol–water partition coefficient (Wildman–Crippen LogP) is -0.765. The number of methoxy groups -OCH3 is 1. The molecule has 0 atom stereocenters. The Morgan fingerprint density at radius 1 is 1.05 bits per heavy atom. The van der Waals surface area contributed by atoms with Gasteiger partial charge in [-0.05, 0) is 13.8 Å². The molecular weight excluding hydrogens is 284 g/mol. The lowest BCUT2D eigenvalue weighted by Gasteiger charge is -2.34. The molecule has 128 valence electrons. The fourth-order valence-electron chi connectivity index (χ4n) is 2.52. The van der Waals surface area contributed by atoms with Crippen LogP contribution in [0.4, 0.5) is 0 Å². The summed E-state index contributed by atoms with van der Waals surface area (Å²) >= 11 is 0. The lowest BCUT2D eigenvalue weighted by molar-refractivity contribution is -0.133. The molecule has 0 spiro atoms. The summed E-state index contributed by atoms with van der Waals surface area (Å²) in [5.41, 5.74) is 0. The Labute approximate surface area is 133 Å². The second-order valence-electron chi connectivity index (χ2n) is 5.46. The van der Waals surface area contributed by atoms with Crippen molar-refractivity contribution in [2.24, 2.45) is 0 Å². The monoisotopic (exact) mass is 314 g/mol. The maximum absolute atomic E-state index is 12.1. The largest absolute Gasteiger partial charge is 0.383 e.